The zero-order valence-corrected chi connectivity index (χ0v) is 13.6. The fourth-order valence-corrected chi connectivity index (χ4v) is 2.82. The van der Waals surface area contributed by atoms with Gasteiger partial charge in [-0.15, -0.1) is 0 Å². The molecule has 1 fully saturated rings. The van der Waals surface area contributed by atoms with Gasteiger partial charge in [0.05, 0.1) is 17.4 Å². The van der Waals surface area contributed by atoms with E-state index in [1.54, 1.807) is 12.1 Å². The lowest BCUT2D eigenvalue weighted by Crippen LogP contribution is -2.36. The van der Waals surface area contributed by atoms with E-state index in [9.17, 15) is 18.7 Å². The minimum absolute atomic E-state index is 0.159. The van der Waals surface area contributed by atoms with E-state index in [0.717, 1.165) is 12.3 Å². The molecular formula is C18H19F2N3O2. The number of nitrogens with zero attached hydrogens (tertiary/aromatic N) is 2. The lowest BCUT2D eigenvalue weighted by molar-refractivity contribution is 0.0950. The van der Waals surface area contributed by atoms with E-state index in [-0.39, 0.29) is 24.0 Å². The highest BCUT2D eigenvalue weighted by atomic mass is 19.1. The summed E-state index contributed by atoms with van der Waals surface area (Å²) in [6.07, 6.45) is 2.10. The molecule has 25 heavy (non-hydrogen) atoms. The summed E-state index contributed by atoms with van der Waals surface area (Å²) in [6, 6.07) is 7.29. The van der Waals surface area contributed by atoms with Crippen LogP contribution in [0.3, 0.4) is 0 Å². The van der Waals surface area contributed by atoms with Crippen molar-refractivity contribution in [1.82, 2.24) is 10.3 Å². The third-order valence-corrected chi connectivity index (χ3v) is 4.26. The standard InChI is InChI=1S/C18H19F2N3O2/c19-15-9-12(1-3-16(15)23-7-5-14(24)6-8-23)10-22-18(25)13-2-4-17(20)21-11-13/h1-4,9,11,14,24H,5-8,10H2,(H,22,25). The normalized spacial score (nSPS) is 15.2. The number of amides is 1. The molecule has 1 aromatic heterocycles. The van der Waals surface area contributed by atoms with Gasteiger partial charge in [-0.05, 0) is 42.7 Å². The van der Waals surface area contributed by atoms with Crippen molar-refractivity contribution >= 4 is 11.6 Å². The first kappa shape index (κ1) is 17.3. The van der Waals surface area contributed by atoms with Crippen molar-refractivity contribution in [2.24, 2.45) is 0 Å². The van der Waals surface area contributed by atoms with E-state index in [2.05, 4.69) is 10.3 Å². The number of hydrogen-bond acceptors (Lipinski definition) is 4. The van der Waals surface area contributed by atoms with Gasteiger partial charge in [0.2, 0.25) is 5.95 Å². The lowest BCUT2D eigenvalue weighted by atomic mass is 10.1. The fraction of sp³-hybridized carbons (Fsp3) is 0.333. The number of hydrogen-bond donors (Lipinski definition) is 2. The van der Waals surface area contributed by atoms with Crippen LogP contribution < -0.4 is 10.2 Å². The van der Waals surface area contributed by atoms with Crippen LogP contribution in [0.25, 0.3) is 0 Å². The largest absolute Gasteiger partial charge is 0.393 e. The topological polar surface area (TPSA) is 65.5 Å². The van der Waals surface area contributed by atoms with Crippen LogP contribution in [0.4, 0.5) is 14.5 Å². The number of carbonyl (C=O) groups is 1. The number of piperidine rings is 1. The monoisotopic (exact) mass is 347 g/mol. The van der Waals surface area contributed by atoms with Gasteiger partial charge in [0.15, 0.2) is 0 Å². The average molecular weight is 347 g/mol. The Balaban J connectivity index is 1.61. The number of anilines is 1. The van der Waals surface area contributed by atoms with Crippen molar-refractivity contribution in [3.63, 3.8) is 0 Å². The predicted octanol–water partition coefficient (Wildman–Crippen LogP) is 2.25. The van der Waals surface area contributed by atoms with Crippen LogP contribution in [0, 0.1) is 11.8 Å². The van der Waals surface area contributed by atoms with E-state index in [4.69, 9.17) is 0 Å². The molecule has 0 radical (unpaired) electrons. The molecule has 0 saturated carbocycles. The van der Waals surface area contributed by atoms with Crippen LogP contribution in [-0.4, -0.2) is 35.2 Å². The van der Waals surface area contributed by atoms with Gasteiger partial charge in [-0.25, -0.2) is 9.37 Å². The second kappa shape index (κ2) is 7.57. The molecule has 1 amide bonds. The summed E-state index contributed by atoms with van der Waals surface area (Å²) in [7, 11) is 0. The Morgan fingerprint density at radius 2 is 2.00 bits per heavy atom. The second-order valence-corrected chi connectivity index (χ2v) is 6.06. The number of pyridine rings is 1. The van der Waals surface area contributed by atoms with Crippen LogP contribution in [0.15, 0.2) is 36.5 Å². The summed E-state index contributed by atoms with van der Waals surface area (Å²) in [5.74, 6) is -1.41. The Morgan fingerprint density at radius 1 is 1.24 bits per heavy atom. The van der Waals surface area contributed by atoms with Gasteiger partial charge in [0.1, 0.15) is 5.82 Å². The fourth-order valence-electron chi connectivity index (χ4n) is 2.82. The quantitative estimate of drug-likeness (QED) is 0.833. The molecule has 5 nitrogen and oxygen atoms in total. The number of rotatable bonds is 4. The number of aliphatic hydroxyl groups excluding tert-OH is 1. The van der Waals surface area contributed by atoms with E-state index in [1.807, 2.05) is 4.90 Å². The first-order valence-electron chi connectivity index (χ1n) is 8.14. The molecule has 0 aliphatic carbocycles. The Morgan fingerprint density at radius 3 is 2.64 bits per heavy atom. The summed E-state index contributed by atoms with van der Waals surface area (Å²) in [5, 5.41) is 12.2. The molecule has 2 aromatic rings. The number of benzene rings is 1. The van der Waals surface area contributed by atoms with Gasteiger partial charge in [-0.3, -0.25) is 4.79 Å². The molecule has 2 heterocycles. The zero-order chi connectivity index (χ0) is 17.8. The van der Waals surface area contributed by atoms with Gasteiger partial charge in [0.25, 0.3) is 5.91 Å². The van der Waals surface area contributed by atoms with Crippen LogP contribution in [0.2, 0.25) is 0 Å². The molecule has 2 N–H and O–H groups in total. The molecule has 1 aromatic carbocycles. The molecular weight excluding hydrogens is 328 g/mol. The van der Waals surface area contributed by atoms with Crippen LogP contribution >= 0.6 is 0 Å². The van der Waals surface area contributed by atoms with Gasteiger partial charge in [-0.2, -0.15) is 4.39 Å². The summed E-state index contributed by atoms with van der Waals surface area (Å²) in [5.41, 5.74) is 1.37. The SMILES string of the molecule is O=C(NCc1ccc(N2CCC(O)CC2)c(F)c1)c1ccc(F)nc1. The van der Waals surface area contributed by atoms with Crippen molar-refractivity contribution in [2.75, 3.05) is 18.0 Å². The van der Waals surface area contributed by atoms with Crippen molar-refractivity contribution in [3.8, 4) is 0 Å². The van der Waals surface area contributed by atoms with Crippen molar-refractivity contribution in [2.45, 2.75) is 25.5 Å². The maximum absolute atomic E-state index is 14.4. The van der Waals surface area contributed by atoms with E-state index < -0.39 is 11.9 Å². The van der Waals surface area contributed by atoms with Crippen LogP contribution in [0.1, 0.15) is 28.8 Å². The number of halogens is 2. The lowest BCUT2D eigenvalue weighted by Gasteiger charge is -2.31. The van der Waals surface area contributed by atoms with Gasteiger partial charge < -0.3 is 15.3 Å². The highest BCUT2D eigenvalue weighted by molar-refractivity contribution is 5.93. The predicted molar refractivity (Wildman–Crippen MR) is 89.2 cm³/mol. The highest BCUT2D eigenvalue weighted by Gasteiger charge is 2.19. The molecule has 7 heteroatoms. The first-order chi connectivity index (χ1) is 12.0. The maximum Gasteiger partial charge on any atom is 0.253 e. The first-order valence-corrected chi connectivity index (χ1v) is 8.14. The smallest absolute Gasteiger partial charge is 0.253 e. The van der Waals surface area contributed by atoms with Crippen molar-refractivity contribution in [3.05, 3.63) is 59.4 Å². The third kappa shape index (κ3) is 4.30. The van der Waals surface area contributed by atoms with Crippen LogP contribution in [0.5, 0.6) is 0 Å². The molecule has 1 aliphatic heterocycles. The number of aromatic nitrogens is 1. The number of aliphatic hydroxyl groups is 1. The Bertz CT molecular complexity index is 744. The Hall–Kier alpha value is -2.54. The van der Waals surface area contributed by atoms with Gasteiger partial charge in [-0.1, -0.05) is 6.07 Å². The van der Waals surface area contributed by atoms with Gasteiger partial charge >= 0.3 is 0 Å². The summed E-state index contributed by atoms with van der Waals surface area (Å²) >= 11 is 0. The zero-order valence-electron chi connectivity index (χ0n) is 13.6. The number of carbonyl (C=O) groups excluding carboxylic acids is 1. The molecule has 3 rings (SSSR count). The molecule has 0 atom stereocenters. The van der Waals surface area contributed by atoms with Gasteiger partial charge in [0, 0.05) is 25.8 Å². The highest BCUT2D eigenvalue weighted by Crippen LogP contribution is 2.24. The van der Waals surface area contributed by atoms with E-state index in [0.29, 0.717) is 37.2 Å². The molecule has 0 bridgehead atoms. The number of nitrogens with one attached hydrogen (secondary N) is 1. The average Bonchev–Trinajstić information content (AvgIpc) is 2.61. The minimum atomic E-state index is -0.653. The Labute approximate surface area is 144 Å². The Kier molecular flexibility index (Phi) is 5.23. The minimum Gasteiger partial charge on any atom is -0.393 e. The van der Waals surface area contributed by atoms with Crippen molar-refractivity contribution < 1.29 is 18.7 Å². The van der Waals surface area contributed by atoms with Crippen LogP contribution in [-0.2, 0) is 6.54 Å². The van der Waals surface area contributed by atoms with Crippen molar-refractivity contribution in [1.29, 1.82) is 0 Å². The molecule has 1 saturated heterocycles. The molecule has 0 spiro atoms. The molecule has 0 unspecified atom stereocenters. The summed E-state index contributed by atoms with van der Waals surface area (Å²) in [6.45, 7) is 1.39. The van der Waals surface area contributed by atoms with E-state index in [1.165, 1.54) is 12.1 Å². The third-order valence-electron chi connectivity index (χ3n) is 4.26. The molecule has 1 aliphatic rings. The summed E-state index contributed by atoms with van der Waals surface area (Å²) < 4.78 is 27.1. The van der Waals surface area contributed by atoms with E-state index >= 15 is 0 Å². The summed E-state index contributed by atoms with van der Waals surface area (Å²) in [4.78, 5) is 17.3. The second-order valence-electron chi connectivity index (χ2n) is 6.06. The maximum atomic E-state index is 14.4. The molecule has 132 valence electrons.